The van der Waals surface area contributed by atoms with Crippen LogP contribution in [0.3, 0.4) is 0 Å². The second-order valence-corrected chi connectivity index (χ2v) is 8.25. The standard InChI is InChI=1S/C26H24ClNO5/c1-17-13-22(23(29)16-32-26(30)12-9-19-7-10-20(27)11-8-19)18(2)28(17)14-21-15-31-24-5-3-4-6-25(24)33-21/h3-13,21H,14-16H2,1-2H3. The predicted molar refractivity (Wildman–Crippen MR) is 126 cm³/mol. The van der Waals surface area contributed by atoms with Crippen molar-refractivity contribution >= 4 is 29.4 Å². The number of carbonyl (C=O) groups is 2. The van der Waals surface area contributed by atoms with E-state index < -0.39 is 5.97 Å². The fourth-order valence-electron chi connectivity index (χ4n) is 3.72. The molecule has 0 saturated heterocycles. The number of aromatic nitrogens is 1. The van der Waals surface area contributed by atoms with E-state index in [2.05, 4.69) is 0 Å². The molecular formula is C26H24ClNO5. The Morgan fingerprint density at radius 2 is 1.85 bits per heavy atom. The highest BCUT2D eigenvalue weighted by Crippen LogP contribution is 2.31. The Balaban J connectivity index is 1.35. The average Bonchev–Trinajstić information content (AvgIpc) is 3.10. The van der Waals surface area contributed by atoms with E-state index in [-0.39, 0.29) is 18.5 Å². The molecule has 1 aromatic heterocycles. The lowest BCUT2D eigenvalue weighted by molar-refractivity contribution is -0.136. The first kappa shape index (κ1) is 22.7. The lowest BCUT2D eigenvalue weighted by Crippen LogP contribution is -2.33. The summed E-state index contributed by atoms with van der Waals surface area (Å²) in [4.78, 5) is 24.7. The van der Waals surface area contributed by atoms with Crippen molar-refractivity contribution in [1.82, 2.24) is 4.57 Å². The summed E-state index contributed by atoms with van der Waals surface area (Å²) >= 11 is 5.85. The van der Waals surface area contributed by atoms with Crippen molar-refractivity contribution in [2.24, 2.45) is 0 Å². The molecule has 1 unspecified atom stereocenters. The van der Waals surface area contributed by atoms with E-state index in [9.17, 15) is 9.59 Å². The Kier molecular flexibility index (Phi) is 6.84. The number of fused-ring (bicyclic) bond motifs is 1. The van der Waals surface area contributed by atoms with Crippen molar-refractivity contribution in [3.63, 3.8) is 0 Å². The first-order chi connectivity index (χ1) is 15.9. The fraction of sp³-hybridized carbons (Fsp3) is 0.231. The second kappa shape index (κ2) is 9.96. The molecule has 2 aromatic carbocycles. The molecule has 33 heavy (non-hydrogen) atoms. The van der Waals surface area contributed by atoms with Crippen molar-refractivity contribution in [3.8, 4) is 11.5 Å². The van der Waals surface area contributed by atoms with Gasteiger partial charge in [-0.2, -0.15) is 0 Å². The maximum Gasteiger partial charge on any atom is 0.331 e. The molecule has 0 aliphatic carbocycles. The zero-order valence-corrected chi connectivity index (χ0v) is 19.2. The molecular weight excluding hydrogens is 442 g/mol. The van der Waals surface area contributed by atoms with Gasteiger partial charge in [0.15, 0.2) is 24.2 Å². The summed E-state index contributed by atoms with van der Waals surface area (Å²) in [6.45, 7) is 4.45. The van der Waals surface area contributed by atoms with E-state index >= 15 is 0 Å². The molecule has 0 bridgehead atoms. The number of para-hydroxylation sites is 2. The van der Waals surface area contributed by atoms with Crippen molar-refractivity contribution in [1.29, 1.82) is 0 Å². The Bertz CT molecular complexity index is 1200. The highest BCUT2D eigenvalue weighted by Gasteiger charge is 2.24. The van der Waals surface area contributed by atoms with Crippen LogP contribution >= 0.6 is 11.6 Å². The van der Waals surface area contributed by atoms with Gasteiger partial charge >= 0.3 is 5.97 Å². The van der Waals surface area contributed by atoms with E-state index in [1.54, 1.807) is 30.3 Å². The van der Waals surface area contributed by atoms with Crippen LogP contribution in [0.1, 0.15) is 27.3 Å². The summed E-state index contributed by atoms with van der Waals surface area (Å²) in [6.07, 6.45) is 2.72. The number of rotatable bonds is 7. The van der Waals surface area contributed by atoms with Gasteiger partial charge in [0.1, 0.15) is 6.61 Å². The highest BCUT2D eigenvalue weighted by atomic mass is 35.5. The van der Waals surface area contributed by atoms with Gasteiger partial charge in [-0.3, -0.25) is 4.79 Å². The number of nitrogens with zero attached hydrogens (tertiary/aromatic N) is 1. The summed E-state index contributed by atoms with van der Waals surface area (Å²) in [7, 11) is 0. The zero-order valence-electron chi connectivity index (χ0n) is 18.4. The quantitative estimate of drug-likeness (QED) is 0.278. The minimum Gasteiger partial charge on any atom is -0.486 e. The summed E-state index contributed by atoms with van der Waals surface area (Å²) in [5.74, 6) is 0.607. The molecule has 0 radical (unpaired) electrons. The van der Waals surface area contributed by atoms with E-state index in [0.717, 1.165) is 22.7 Å². The second-order valence-electron chi connectivity index (χ2n) is 7.81. The molecule has 3 aromatic rings. The van der Waals surface area contributed by atoms with Crippen molar-refractivity contribution in [2.75, 3.05) is 13.2 Å². The van der Waals surface area contributed by atoms with Crippen LogP contribution in [0.4, 0.5) is 0 Å². The van der Waals surface area contributed by atoms with Gasteiger partial charge in [0.2, 0.25) is 5.78 Å². The van der Waals surface area contributed by atoms with Gasteiger partial charge in [0.05, 0.1) is 6.54 Å². The molecule has 2 heterocycles. The zero-order chi connectivity index (χ0) is 23.4. The molecule has 0 saturated carbocycles. The molecule has 7 heteroatoms. The molecule has 0 fully saturated rings. The van der Waals surface area contributed by atoms with Crippen molar-refractivity contribution in [3.05, 3.63) is 88.2 Å². The van der Waals surface area contributed by atoms with Crippen LogP contribution in [-0.4, -0.2) is 35.6 Å². The molecule has 0 amide bonds. The van der Waals surface area contributed by atoms with E-state index in [0.29, 0.717) is 29.5 Å². The maximum absolute atomic E-state index is 12.7. The van der Waals surface area contributed by atoms with E-state index in [1.165, 1.54) is 6.08 Å². The molecule has 6 nitrogen and oxygen atoms in total. The van der Waals surface area contributed by atoms with Crippen molar-refractivity contribution < 1.29 is 23.8 Å². The molecule has 0 N–H and O–H groups in total. The number of Topliss-reactive ketones (excluding diaryl/α,β-unsaturated/α-hetero) is 1. The molecule has 1 aliphatic heterocycles. The number of hydrogen-bond acceptors (Lipinski definition) is 5. The lowest BCUT2D eigenvalue weighted by atomic mass is 10.1. The van der Waals surface area contributed by atoms with Gasteiger partial charge in [-0.1, -0.05) is 35.9 Å². The number of ketones is 1. The van der Waals surface area contributed by atoms with Crippen LogP contribution in [0, 0.1) is 13.8 Å². The van der Waals surface area contributed by atoms with E-state index in [1.807, 2.05) is 48.7 Å². The minimum absolute atomic E-state index is 0.177. The number of carbonyl (C=O) groups excluding carboxylic acids is 2. The number of aryl methyl sites for hydroxylation is 1. The monoisotopic (exact) mass is 465 g/mol. The van der Waals surface area contributed by atoms with Gasteiger partial charge in [-0.25, -0.2) is 4.79 Å². The molecule has 170 valence electrons. The van der Waals surface area contributed by atoms with Crippen LogP contribution < -0.4 is 9.47 Å². The third-order valence-electron chi connectivity index (χ3n) is 5.46. The Hall–Kier alpha value is -3.51. The van der Waals surface area contributed by atoms with Crippen LogP contribution in [0.5, 0.6) is 11.5 Å². The summed E-state index contributed by atoms with van der Waals surface area (Å²) < 4.78 is 19.0. The van der Waals surface area contributed by atoms with Crippen LogP contribution in [0.25, 0.3) is 6.08 Å². The predicted octanol–water partition coefficient (Wildman–Crippen LogP) is 5.04. The van der Waals surface area contributed by atoms with Gasteiger partial charge in [0, 0.05) is 28.0 Å². The van der Waals surface area contributed by atoms with Crippen LogP contribution in [-0.2, 0) is 16.1 Å². The Morgan fingerprint density at radius 3 is 2.61 bits per heavy atom. The minimum atomic E-state index is -0.585. The lowest BCUT2D eigenvalue weighted by Gasteiger charge is -2.27. The molecule has 1 atom stereocenters. The highest BCUT2D eigenvalue weighted by molar-refractivity contribution is 6.30. The molecule has 4 rings (SSSR count). The number of halogens is 1. The fourth-order valence-corrected chi connectivity index (χ4v) is 3.85. The smallest absolute Gasteiger partial charge is 0.331 e. The SMILES string of the molecule is Cc1cc(C(=O)COC(=O)C=Cc2ccc(Cl)cc2)c(C)n1CC1COc2ccccc2O1. The van der Waals surface area contributed by atoms with E-state index in [4.69, 9.17) is 25.8 Å². The third-order valence-corrected chi connectivity index (χ3v) is 5.71. The summed E-state index contributed by atoms with van der Waals surface area (Å²) in [6, 6.07) is 16.4. The third kappa shape index (κ3) is 5.46. The van der Waals surface area contributed by atoms with Crippen molar-refractivity contribution in [2.45, 2.75) is 26.5 Å². The Labute approximate surface area is 197 Å². The Morgan fingerprint density at radius 1 is 1.12 bits per heavy atom. The first-order valence-electron chi connectivity index (χ1n) is 10.6. The van der Waals surface area contributed by atoms with Crippen LogP contribution in [0.15, 0.2) is 60.7 Å². The first-order valence-corrected chi connectivity index (χ1v) is 11.0. The summed E-state index contributed by atoms with van der Waals surface area (Å²) in [5, 5.41) is 0.616. The van der Waals surface area contributed by atoms with Gasteiger partial charge in [-0.05, 0) is 55.8 Å². The molecule has 1 aliphatic rings. The number of esters is 1. The largest absolute Gasteiger partial charge is 0.486 e. The summed E-state index contributed by atoms with van der Waals surface area (Å²) in [5.41, 5.74) is 3.06. The average molecular weight is 466 g/mol. The number of hydrogen-bond donors (Lipinski definition) is 0. The topological polar surface area (TPSA) is 66.8 Å². The normalized spacial score (nSPS) is 14.9. The van der Waals surface area contributed by atoms with Gasteiger partial charge in [-0.15, -0.1) is 0 Å². The number of ether oxygens (including phenoxy) is 3. The van der Waals surface area contributed by atoms with Gasteiger partial charge < -0.3 is 18.8 Å². The molecule has 0 spiro atoms. The number of benzene rings is 2. The maximum atomic E-state index is 12.7. The van der Waals surface area contributed by atoms with Crippen LogP contribution in [0.2, 0.25) is 5.02 Å². The van der Waals surface area contributed by atoms with Gasteiger partial charge in [0.25, 0.3) is 0 Å².